The van der Waals surface area contributed by atoms with E-state index in [2.05, 4.69) is 33.1 Å². The van der Waals surface area contributed by atoms with Crippen LogP contribution in [-0.2, 0) is 11.2 Å². The third-order valence-electron chi connectivity index (χ3n) is 3.39. The Morgan fingerprint density at radius 2 is 1.58 bits per heavy atom. The molecule has 0 aliphatic carbocycles. The highest BCUT2D eigenvalue weighted by Gasteiger charge is 2.21. The van der Waals surface area contributed by atoms with Crippen LogP contribution in [0.3, 0.4) is 0 Å². The molecule has 124 valence electrons. The van der Waals surface area contributed by atoms with Gasteiger partial charge in [-0.3, -0.25) is 9.59 Å². The van der Waals surface area contributed by atoms with E-state index in [1.54, 1.807) is 24.3 Å². The molecule has 0 aliphatic heterocycles. The third-order valence-corrected chi connectivity index (χ3v) is 3.68. The Balaban J connectivity index is 2.11. The zero-order valence-corrected chi connectivity index (χ0v) is 14.8. The fourth-order valence-corrected chi connectivity index (χ4v) is 2.34. The monoisotopic (exact) mass is 386 g/mol. The minimum absolute atomic E-state index is 0.247. The van der Waals surface area contributed by atoms with Gasteiger partial charge in [-0.25, -0.2) is 0 Å². The molecule has 2 aromatic rings. The molecule has 0 saturated carbocycles. The second-order valence-electron chi connectivity index (χ2n) is 5.32. The molecule has 4 nitrogen and oxygen atoms in total. The molecule has 1 atom stereocenters. The van der Waals surface area contributed by atoms with E-state index in [1.165, 1.54) is 0 Å². The van der Waals surface area contributed by atoms with Gasteiger partial charge in [-0.05, 0) is 17.7 Å². The molecule has 24 heavy (non-hydrogen) atoms. The number of rotatable bonds is 7. The summed E-state index contributed by atoms with van der Waals surface area (Å²) < 4.78 is 0.670. The van der Waals surface area contributed by atoms with Crippen LogP contribution < -0.4 is 10.6 Å². The lowest BCUT2D eigenvalue weighted by molar-refractivity contribution is -0.122. The summed E-state index contributed by atoms with van der Waals surface area (Å²) in [5.74, 6) is -0.520. The summed E-state index contributed by atoms with van der Waals surface area (Å²) in [7, 11) is 0. The van der Waals surface area contributed by atoms with Crippen molar-refractivity contribution < 1.29 is 9.59 Å². The molecular formula is C19H19BrN2O2. The average molecular weight is 387 g/mol. The Morgan fingerprint density at radius 1 is 1.00 bits per heavy atom. The molecule has 2 rings (SSSR count). The van der Waals surface area contributed by atoms with E-state index in [0.717, 1.165) is 5.56 Å². The number of halogens is 1. The standard InChI is InChI=1S/C19H19BrN2O2/c1-14(20)13-21-19(24)17(12-15-8-4-2-5-9-15)22-18(23)16-10-6-3-7-11-16/h2-11,17H,1,12-13H2,(H,21,24)(H,22,23). The molecule has 2 N–H and O–H groups in total. The highest BCUT2D eigenvalue weighted by atomic mass is 79.9. The van der Waals surface area contributed by atoms with Gasteiger partial charge in [0.15, 0.2) is 0 Å². The van der Waals surface area contributed by atoms with E-state index in [4.69, 9.17) is 0 Å². The maximum absolute atomic E-state index is 12.4. The highest BCUT2D eigenvalue weighted by Crippen LogP contribution is 2.06. The number of carbonyl (C=O) groups is 2. The summed E-state index contributed by atoms with van der Waals surface area (Å²) in [5, 5.41) is 5.57. The van der Waals surface area contributed by atoms with Crippen molar-refractivity contribution in [3.05, 3.63) is 82.9 Å². The fourth-order valence-electron chi connectivity index (χ4n) is 2.20. The molecule has 0 fully saturated rings. The average Bonchev–Trinajstić information content (AvgIpc) is 2.60. The van der Waals surface area contributed by atoms with E-state index in [-0.39, 0.29) is 11.8 Å². The molecule has 0 heterocycles. The minimum Gasteiger partial charge on any atom is -0.350 e. The number of hydrogen-bond donors (Lipinski definition) is 2. The zero-order chi connectivity index (χ0) is 17.4. The molecule has 0 bridgehead atoms. The third kappa shape index (κ3) is 5.66. The predicted octanol–water partition coefficient (Wildman–Crippen LogP) is 3.05. The van der Waals surface area contributed by atoms with Crippen molar-refractivity contribution in [3.63, 3.8) is 0 Å². The van der Waals surface area contributed by atoms with Crippen LogP contribution in [0.25, 0.3) is 0 Å². The molecule has 2 amide bonds. The fraction of sp³-hybridized carbons (Fsp3) is 0.158. The van der Waals surface area contributed by atoms with Crippen molar-refractivity contribution in [2.75, 3.05) is 6.54 Å². The smallest absolute Gasteiger partial charge is 0.251 e. The Hall–Kier alpha value is -2.40. The predicted molar refractivity (Wildman–Crippen MR) is 98.9 cm³/mol. The summed E-state index contributed by atoms with van der Waals surface area (Å²) >= 11 is 3.21. The lowest BCUT2D eigenvalue weighted by Crippen LogP contribution is -2.48. The Labute approximate surface area is 150 Å². The summed E-state index contributed by atoms with van der Waals surface area (Å²) in [6.07, 6.45) is 0.417. The van der Waals surface area contributed by atoms with Crippen LogP contribution in [0.4, 0.5) is 0 Å². The maximum Gasteiger partial charge on any atom is 0.251 e. The maximum atomic E-state index is 12.4. The second kappa shape index (κ2) is 9.03. The van der Waals surface area contributed by atoms with Crippen molar-refractivity contribution >= 4 is 27.7 Å². The van der Waals surface area contributed by atoms with Crippen LogP contribution in [0.15, 0.2) is 71.7 Å². The van der Waals surface area contributed by atoms with Crippen LogP contribution >= 0.6 is 15.9 Å². The number of hydrogen-bond acceptors (Lipinski definition) is 2. The van der Waals surface area contributed by atoms with Gasteiger partial charge in [-0.1, -0.05) is 71.0 Å². The molecule has 0 aromatic heterocycles. The van der Waals surface area contributed by atoms with Gasteiger partial charge < -0.3 is 10.6 Å². The Morgan fingerprint density at radius 3 is 2.17 bits per heavy atom. The van der Waals surface area contributed by atoms with Gasteiger partial charge in [0.25, 0.3) is 5.91 Å². The van der Waals surface area contributed by atoms with Gasteiger partial charge in [0.05, 0.1) is 0 Å². The summed E-state index contributed by atoms with van der Waals surface area (Å²) in [6, 6.07) is 17.8. The van der Waals surface area contributed by atoms with Crippen molar-refractivity contribution in [2.24, 2.45) is 0 Å². The van der Waals surface area contributed by atoms with Crippen molar-refractivity contribution in [1.82, 2.24) is 10.6 Å². The lowest BCUT2D eigenvalue weighted by atomic mass is 10.0. The van der Waals surface area contributed by atoms with Crippen LogP contribution in [-0.4, -0.2) is 24.4 Å². The normalized spacial score (nSPS) is 11.4. The van der Waals surface area contributed by atoms with E-state index in [9.17, 15) is 9.59 Å². The van der Waals surface area contributed by atoms with Crippen LogP contribution in [0.2, 0.25) is 0 Å². The largest absolute Gasteiger partial charge is 0.350 e. The summed E-state index contributed by atoms with van der Waals surface area (Å²) in [6.45, 7) is 4.00. The molecule has 0 spiro atoms. The van der Waals surface area contributed by atoms with E-state index >= 15 is 0 Å². The zero-order valence-electron chi connectivity index (χ0n) is 13.2. The first kappa shape index (κ1) is 17.9. The first-order chi connectivity index (χ1) is 11.6. The van der Waals surface area contributed by atoms with Gasteiger partial charge in [0.1, 0.15) is 6.04 Å². The molecule has 0 saturated heterocycles. The molecular weight excluding hydrogens is 368 g/mol. The number of benzene rings is 2. The number of carbonyl (C=O) groups excluding carboxylic acids is 2. The number of nitrogens with one attached hydrogen (secondary N) is 2. The van der Waals surface area contributed by atoms with Gasteiger partial charge in [-0.2, -0.15) is 0 Å². The Kier molecular flexibility index (Phi) is 6.75. The van der Waals surface area contributed by atoms with E-state index in [0.29, 0.717) is 23.0 Å². The molecule has 1 unspecified atom stereocenters. The van der Waals surface area contributed by atoms with Gasteiger partial charge in [0, 0.05) is 23.0 Å². The SMILES string of the molecule is C=C(Br)CNC(=O)C(Cc1ccccc1)NC(=O)c1ccccc1. The van der Waals surface area contributed by atoms with E-state index in [1.807, 2.05) is 36.4 Å². The van der Waals surface area contributed by atoms with Crippen molar-refractivity contribution in [2.45, 2.75) is 12.5 Å². The molecule has 0 aliphatic rings. The van der Waals surface area contributed by atoms with Gasteiger partial charge in [0.2, 0.25) is 5.91 Å². The van der Waals surface area contributed by atoms with E-state index < -0.39 is 6.04 Å². The minimum atomic E-state index is -0.660. The highest BCUT2D eigenvalue weighted by molar-refractivity contribution is 9.11. The van der Waals surface area contributed by atoms with Crippen LogP contribution in [0.5, 0.6) is 0 Å². The second-order valence-corrected chi connectivity index (χ2v) is 6.44. The Bertz CT molecular complexity index is 702. The lowest BCUT2D eigenvalue weighted by Gasteiger charge is -2.18. The molecule has 0 radical (unpaired) electrons. The van der Waals surface area contributed by atoms with Crippen molar-refractivity contribution in [3.8, 4) is 0 Å². The first-order valence-corrected chi connectivity index (χ1v) is 8.36. The molecule has 2 aromatic carbocycles. The van der Waals surface area contributed by atoms with Crippen molar-refractivity contribution in [1.29, 1.82) is 0 Å². The van der Waals surface area contributed by atoms with Gasteiger partial charge in [-0.15, -0.1) is 0 Å². The van der Waals surface area contributed by atoms with Gasteiger partial charge >= 0.3 is 0 Å². The quantitative estimate of drug-likeness (QED) is 0.767. The van der Waals surface area contributed by atoms with Crippen LogP contribution in [0.1, 0.15) is 15.9 Å². The summed E-state index contributed by atoms with van der Waals surface area (Å²) in [5.41, 5.74) is 1.50. The molecule has 5 heteroatoms. The topological polar surface area (TPSA) is 58.2 Å². The summed E-state index contributed by atoms with van der Waals surface area (Å²) in [4.78, 5) is 24.8. The van der Waals surface area contributed by atoms with Crippen LogP contribution in [0, 0.1) is 0 Å². The first-order valence-electron chi connectivity index (χ1n) is 7.57. The number of amides is 2.